The number of rotatable bonds is 10. The topological polar surface area (TPSA) is 108 Å². The monoisotopic (exact) mass is 356 g/mol. The predicted molar refractivity (Wildman–Crippen MR) is 93.2 cm³/mol. The lowest BCUT2D eigenvalue weighted by atomic mass is 9.97. The van der Waals surface area contributed by atoms with Crippen molar-refractivity contribution < 1.29 is 24.8 Å². The molecule has 4 N–H and O–H groups in total. The maximum absolute atomic E-state index is 10.6. The fourth-order valence-corrected chi connectivity index (χ4v) is 3.12. The van der Waals surface area contributed by atoms with E-state index in [0.29, 0.717) is 25.1 Å². The van der Waals surface area contributed by atoms with Gasteiger partial charge in [0.1, 0.15) is 11.9 Å². The summed E-state index contributed by atoms with van der Waals surface area (Å²) < 4.78 is 11.4. The molecule has 0 spiro atoms. The van der Waals surface area contributed by atoms with Crippen LogP contribution in [0.3, 0.4) is 0 Å². The molecule has 1 aromatic rings. The van der Waals surface area contributed by atoms with Gasteiger partial charge in [0.2, 0.25) is 0 Å². The molecular weight excluding hydrogens is 324 g/mol. The summed E-state index contributed by atoms with van der Waals surface area (Å²) in [4.78, 5) is 7.51. The molecule has 25 heavy (non-hydrogen) atoms. The fourth-order valence-electron chi connectivity index (χ4n) is 3.12. The number of nitrogens with zero attached hydrogens (tertiary/aromatic N) is 1. The van der Waals surface area contributed by atoms with Crippen molar-refractivity contribution in [2.24, 2.45) is 0 Å². The van der Waals surface area contributed by atoms with E-state index >= 15 is 0 Å². The number of aliphatic hydroxyl groups is 3. The number of nitrogens with one attached hydrogen (secondary N) is 1. The molecular formula is C18H32N2O5. The lowest BCUT2D eigenvalue weighted by molar-refractivity contribution is -0.248. The number of H-pyrrole nitrogens is 1. The molecule has 144 valence electrons. The molecule has 1 aromatic heterocycles. The molecule has 1 fully saturated rings. The standard InChI is InChI=1S/C18H32N2O5/c1-3-4-5-6-15(22)14(17-19-9-12(2)20-17)11-24-18-16(23)8-7-13(10-21)25-18/h9,13-16,18,21-23H,3-8,10-11H2,1-2H3,(H,19,20)/t13-,14-,15+,16+,18-/m0/s1. The molecule has 1 aliphatic heterocycles. The van der Waals surface area contributed by atoms with E-state index in [-0.39, 0.29) is 25.2 Å². The zero-order valence-electron chi connectivity index (χ0n) is 15.2. The average Bonchev–Trinajstić information content (AvgIpc) is 3.03. The smallest absolute Gasteiger partial charge is 0.183 e. The first-order valence-electron chi connectivity index (χ1n) is 9.30. The molecule has 0 radical (unpaired) electrons. The number of unbranched alkanes of at least 4 members (excludes halogenated alkanes) is 2. The number of ether oxygens (including phenoxy) is 2. The van der Waals surface area contributed by atoms with Crippen LogP contribution in [-0.4, -0.2) is 63.1 Å². The van der Waals surface area contributed by atoms with Crippen LogP contribution in [0, 0.1) is 6.92 Å². The van der Waals surface area contributed by atoms with Gasteiger partial charge in [-0.2, -0.15) is 0 Å². The molecule has 0 bridgehead atoms. The van der Waals surface area contributed by atoms with Crippen LogP contribution in [0.15, 0.2) is 6.20 Å². The molecule has 1 saturated heterocycles. The summed E-state index contributed by atoms with van der Waals surface area (Å²) in [7, 11) is 0. The molecule has 0 unspecified atom stereocenters. The summed E-state index contributed by atoms with van der Waals surface area (Å²) in [5.74, 6) is 0.376. The van der Waals surface area contributed by atoms with E-state index in [0.717, 1.165) is 25.0 Å². The van der Waals surface area contributed by atoms with Crippen LogP contribution in [0.25, 0.3) is 0 Å². The molecule has 7 heteroatoms. The van der Waals surface area contributed by atoms with E-state index in [9.17, 15) is 15.3 Å². The maximum Gasteiger partial charge on any atom is 0.183 e. The van der Waals surface area contributed by atoms with Crippen molar-refractivity contribution in [3.8, 4) is 0 Å². The third-order valence-corrected chi connectivity index (χ3v) is 4.71. The minimum atomic E-state index is -0.785. The van der Waals surface area contributed by atoms with Crippen LogP contribution in [0.5, 0.6) is 0 Å². The third kappa shape index (κ3) is 6.04. The highest BCUT2D eigenvalue weighted by molar-refractivity contribution is 5.06. The zero-order chi connectivity index (χ0) is 18.2. The van der Waals surface area contributed by atoms with Gasteiger partial charge >= 0.3 is 0 Å². The normalized spacial score (nSPS) is 26.5. The summed E-state index contributed by atoms with van der Waals surface area (Å²) in [6.45, 7) is 4.15. The van der Waals surface area contributed by atoms with Crippen LogP contribution in [0.2, 0.25) is 0 Å². The Labute approximate surface area is 149 Å². The Bertz CT molecular complexity index is 496. The number of hydrogen-bond acceptors (Lipinski definition) is 6. The van der Waals surface area contributed by atoms with Crippen molar-refractivity contribution in [3.05, 3.63) is 17.7 Å². The average molecular weight is 356 g/mol. The van der Waals surface area contributed by atoms with Gasteiger partial charge in [-0.15, -0.1) is 0 Å². The number of aliphatic hydroxyl groups excluding tert-OH is 3. The van der Waals surface area contributed by atoms with Gasteiger partial charge < -0.3 is 29.8 Å². The number of aromatic nitrogens is 2. The second kappa shape index (κ2) is 10.2. The molecule has 0 aliphatic carbocycles. The van der Waals surface area contributed by atoms with E-state index in [1.807, 2.05) is 6.92 Å². The van der Waals surface area contributed by atoms with Crippen LogP contribution in [-0.2, 0) is 9.47 Å². The minimum absolute atomic E-state index is 0.0902. The first kappa shape index (κ1) is 20.3. The highest BCUT2D eigenvalue weighted by atomic mass is 16.7. The van der Waals surface area contributed by atoms with Crippen molar-refractivity contribution in [3.63, 3.8) is 0 Å². The molecule has 0 amide bonds. The Kier molecular flexibility index (Phi) is 8.32. The lowest BCUT2D eigenvalue weighted by Crippen LogP contribution is -2.43. The van der Waals surface area contributed by atoms with Gasteiger partial charge in [0.05, 0.1) is 31.3 Å². The minimum Gasteiger partial charge on any atom is -0.394 e. The van der Waals surface area contributed by atoms with Gasteiger partial charge in [0.25, 0.3) is 0 Å². The molecule has 0 aromatic carbocycles. The maximum atomic E-state index is 10.6. The molecule has 5 atom stereocenters. The van der Waals surface area contributed by atoms with Crippen LogP contribution < -0.4 is 0 Å². The van der Waals surface area contributed by atoms with Crippen LogP contribution in [0.4, 0.5) is 0 Å². The Morgan fingerprint density at radius 1 is 1.40 bits per heavy atom. The summed E-state index contributed by atoms with van der Waals surface area (Å²) in [5, 5.41) is 29.9. The van der Waals surface area contributed by atoms with Crippen molar-refractivity contribution in [2.45, 2.75) is 82.9 Å². The highest BCUT2D eigenvalue weighted by Gasteiger charge is 2.32. The van der Waals surface area contributed by atoms with Gasteiger partial charge in [0.15, 0.2) is 6.29 Å². The quantitative estimate of drug-likeness (QED) is 0.475. The van der Waals surface area contributed by atoms with Crippen molar-refractivity contribution in [2.75, 3.05) is 13.2 Å². The van der Waals surface area contributed by atoms with E-state index in [1.165, 1.54) is 0 Å². The highest BCUT2D eigenvalue weighted by Crippen LogP contribution is 2.25. The summed E-state index contributed by atoms with van der Waals surface area (Å²) in [5.41, 5.74) is 0.926. The Morgan fingerprint density at radius 2 is 2.20 bits per heavy atom. The summed E-state index contributed by atoms with van der Waals surface area (Å²) >= 11 is 0. The number of aryl methyl sites for hydroxylation is 1. The van der Waals surface area contributed by atoms with E-state index < -0.39 is 18.5 Å². The zero-order valence-corrected chi connectivity index (χ0v) is 15.2. The van der Waals surface area contributed by atoms with Crippen molar-refractivity contribution in [1.82, 2.24) is 9.97 Å². The Morgan fingerprint density at radius 3 is 2.84 bits per heavy atom. The fraction of sp³-hybridized carbons (Fsp3) is 0.833. The Balaban J connectivity index is 1.97. The first-order chi connectivity index (χ1) is 12.0. The molecule has 2 rings (SSSR count). The third-order valence-electron chi connectivity index (χ3n) is 4.71. The molecule has 7 nitrogen and oxygen atoms in total. The van der Waals surface area contributed by atoms with Crippen molar-refractivity contribution >= 4 is 0 Å². The first-order valence-corrected chi connectivity index (χ1v) is 9.30. The number of hydrogen-bond donors (Lipinski definition) is 4. The summed E-state index contributed by atoms with van der Waals surface area (Å²) in [6, 6.07) is 0. The van der Waals surface area contributed by atoms with E-state index in [2.05, 4.69) is 16.9 Å². The van der Waals surface area contributed by atoms with E-state index in [4.69, 9.17) is 9.47 Å². The van der Waals surface area contributed by atoms with Gasteiger partial charge in [-0.3, -0.25) is 0 Å². The van der Waals surface area contributed by atoms with Gasteiger partial charge in [-0.1, -0.05) is 26.2 Å². The largest absolute Gasteiger partial charge is 0.394 e. The van der Waals surface area contributed by atoms with Crippen molar-refractivity contribution in [1.29, 1.82) is 0 Å². The summed E-state index contributed by atoms with van der Waals surface area (Å²) in [6.07, 6.45) is 4.26. The van der Waals surface area contributed by atoms with E-state index in [1.54, 1.807) is 6.20 Å². The second-order valence-electron chi connectivity index (χ2n) is 6.91. The van der Waals surface area contributed by atoms with Gasteiger partial charge in [-0.05, 0) is 26.2 Å². The number of imidazole rings is 1. The molecule has 2 heterocycles. The Hall–Kier alpha value is -0.990. The SMILES string of the molecule is CCCCC[C@@H](O)[C@H](CO[C@H]1O[C@H](CO)CC[C@H]1O)c1ncc(C)[nH]1. The lowest BCUT2D eigenvalue weighted by Gasteiger charge is -2.34. The molecule has 1 aliphatic rings. The second-order valence-corrected chi connectivity index (χ2v) is 6.91. The van der Waals surface area contributed by atoms with Crippen LogP contribution in [0.1, 0.15) is 62.9 Å². The number of aromatic amines is 1. The van der Waals surface area contributed by atoms with Gasteiger partial charge in [-0.25, -0.2) is 4.98 Å². The predicted octanol–water partition coefficient (Wildman–Crippen LogP) is 1.62. The molecule has 0 saturated carbocycles. The van der Waals surface area contributed by atoms with Gasteiger partial charge in [0, 0.05) is 11.9 Å². The van der Waals surface area contributed by atoms with Crippen LogP contribution >= 0.6 is 0 Å².